The Bertz CT molecular complexity index is 1210. The van der Waals surface area contributed by atoms with E-state index in [4.69, 9.17) is 0 Å². The lowest BCUT2D eigenvalue weighted by molar-refractivity contribution is -0.116. The lowest BCUT2D eigenvalue weighted by Gasteiger charge is -2.18. The molecule has 32 heavy (non-hydrogen) atoms. The molecular weight excluding hydrogens is 424 g/mol. The Labute approximate surface area is 190 Å². The van der Waals surface area contributed by atoms with Crippen LogP contribution in [0.15, 0.2) is 47.4 Å². The monoisotopic (exact) mass is 456 g/mol. The van der Waals surface area contributed by atoms with E-state index in [1.165, 1.54) is 9.87 Å². The molecule has 0 bridgehead atoms. The lowest BCUT2D eigenvalue weighted by Crippen LogP contribution is -2.30. The van der Waals surface area contributed by atoms with Gasteiger partial charge in [0.05, 0.1) is 15.9 Å². The molecule has 1 heterocycles. The number of sulfonamides is 1. The van der Waals surface area contributed by atoms with Crippen LogP contribution in [0.5, 0.6) is 0 Å². The number of benzene rings is 2. The van der Waals surface area contributed by atoms with E-state index in [1.54, 1.807) is 18.2 Å². The van der Waals surface area contributed by atoms with Crippen molar-refractivity contribution in [1.29, 1.82) is 0 Å². The number of rotatable bonds is 9. The molecule has 0 saturated heterocycles. The van der Waals surface area contributed by atoms with Crippen LogP contribution in [-0.4, -0.2) is 41.3 Å². The van der Waals surface area contributed by atoms with Crippen LogP contribution in [0.3, 0.4) is 0 Å². The number of hydrogen-bond donors (Lipinski definition) is 1. The standard InChI is InChI=1S/C24H32N4O3S/c1-6-28(7-2)32(30,31)20-11-12-22-21(16-20)26-23(27(22)5)13-14-24(29)25-19-10-8-9-18(15-19)17(3)4/h8-12,15-17H,6-7,13-14H2,1-5H3,(H,25,29). The van der Waals surface area contributed by atoms with Gasteiger partial charge < -0.3 is 9.88 Å². The Morgan fingerprint density at radius 2 is 1.84 bits per heavy atom. The molecule has 3 rings (SSSR count). The SMILES string of the molecule is CCN(CC)S(=O)(=O)c1ccc2c(c1)nc(CCC(=O)Nc1cccc(C(C)C)c1)n2C. The number of carbonyl (C=O) groups excluding carboxylic acids is 1. The van der Waals surface area contributed by atoms with E-state index in [0.717, 1.165) is 17.0 Å². The summed E-state index contributed by atoms with van der Waals surface area (Å²) in [4.78, 5) is 17.3. The van der Waals surface area contributed by atoms with Crippen molar-refractivity contribution >= 4 is 32.7 Å². The largest absolute Gasteiger partial charge is 0.331 e. The third-order valence-corrected chi connectivity index (χ3v) is 7.75. The van der Waals surface area contributed by atoms with Crippen LogP contribution in [0, 0.1) is 0 Å². The highest BCUT2D eigenvalue weighted by atomic mass is 32.2. The van der Waals surface area contributed by atoms with Gasteiger partial charge in [0.15, 0.2) is 0 Å². The summed E-state index contributed by atoms with van der Waals surface area (Å²) in [5.74, 6) is 1.05. The van der Waals surface area contributed by atoms with E-state index < -0.39 is 10.0 Å². The van der Waals surface area contributed by atoms with Crippen LogP contribution in [0.2, 0.25) is 0 Å². The number of aromatic nitrogens is 2. The number of imidazole rings is 1. The summed E-state index contributed by atoms with van der Waals surface area (Å²) in [6.45, 7) is 8.71. The van der Waals surface area contributed by atoms with Gasteiger partial charge in [0.25, 0.3) is 0 Å². The molecule has 3 aromatic rings. The molecule has 0 unspecified atom stereocenters. The summed E-state index contributed by atoms with van der Waals surface area (Å²) < 4.78 is 29.0. The van der Waals surface area contributed by atoms with Crippen LogP contribution < -0.4 is 5.32 Å². The lowest BCUT2D eigenvalue weighted by atomic mass is 10.0. The summed E-state index contributed by atoms with van der Waals surface area (Å²) in [7, 11) is -1.66. The van der Waals surface area contributed by atoms with Crippen molar-refractivity contribution in [2.45, 2.75) is 51.3 Å². The maximum atomic E-state index is 12.8. The van der Waals surface area contributed by atoms with Gasteiger partial charge in [-0.2, -0.15) is 4.31 Å². The Morgan fingerprint density at radius 3 is 2.50 bits per heavy atom. The van der Waals surface area contributed by atoms with E-state index in [-0.39, 0.29) is 17.2 Å². The average Bonchev–Trinajstić information content (AvgIpc) is 3.08. The van der Waals surface area contributed by atoms with Gasteiger partial charge in [0.1, 0.15) is 5.82 Å². The fraction of sp³-hybridized carbons (Fsp3) is 0.417. The number of carbonyl (C=O) groups is 1. The van der Waals surface area contributed by atoms with Crippen LogP contribution >= 0.6 is 0 Å². The molecule has 0 radical (unpaired) electrons. The van der Waals surface area contributed by atoms with Gasteiger partial charge in [0.2, 0.25) is 15.9 Å². The van der Waals surface area contributed by atoms with Crippen LogP contribution in [0.1, 0.15) is 51.4 Å². The zero-order chi connectivity index (χ0) is 23.5. The molecule has 0 aliphatic rings. The fourth-order valence-electron chi connectivity index (χ4n) is 3.75. The Kier molecular flexibility index (Phi) is 7.36. The van der Waals surface area contributed by atoms with E-state index in [2.05, 4.69) is 30.2 Å². The van der Waals surface area contributed by atoms with E-state index in [0.29, 0.717) is 30.9 Å². The third kappa shape index (κ3) is 5.02. The predicted octanol–water partition coefficient (Wildman–Crippen LogP) is 4.30. The molecule has 2 aromatic carbocycles. The minimum absolute atomic E-state index is 0.0808. The molecule has 0 fully saturated rings. The number of nitrogens with one attached hydrogen (secondary N) is 1. The average molecular weight is 457 g/mol. The normalized spacial score (nSPS) is 12.1. The van der Waals surface area contributed by atoms with Crippen molar-refractivity contribution in [1.82, 2.24) is 13.9 Å². The summed E-state index contributed by atoms with van der Waals surface area (Å²) in [5.41, 5.74) is 3.41. The number of anilines is 1. The van der Waals surface area contributed by atoms with Gasteiger partial charge in [-0.1, -0.05) is 39.8 Å². The topological polar surface area (TPSA) is 84.3 Å². The quantitative estimate of drug-likeness (QED) is 0.520. The van der Waals surface area contributed by atoms with Crippen molar-refractivity contribution in [3.63, 3.8) is 0 Å². The second kappa shape index (κ2) is 9.83. The highest BCUT2D eigenvalue weighted by molar-refractivity contribution is 7.89. The Hall–Kier alpha value is -2.71. The zero-order valence-electron chi connectivity index (χ0n) is 19.4. The first-order valence-corrected chi connectivity index (χ1v) is 12.5. The van der Waals surface area contributed by atoms with Gasteiger partial charge in [0, 0.05) is 38.7 Å². The molecule has 1 N–H and O–H groups in total. The molecule has 1 amide bonds. The van der Waals surface area contributed by atoms with Crippen LogP contribution in [-0.2, 0) is 28.3 Å². The molecule has 0 aliphatic heterocycles. The molecule has 172 valence electrons. The number of hydrogen-bond acceptors (Lipinski definition) is 4. The zero-order valence-corrected chi connectivity index (χ0v) is 20.2. The summed E-state index contributed by atoms with van der Waals surface area (Å²) in [6, 6.07) is 12.9. The maximum Gasteiger partial charge on any atom is 0.243 e. The van der Waals surface area contributed by atoms with E-state index >= 15 is 0 Å². The maximum absolute atomic E-state index is 12.8. The molecular formula is C24H32N4O3S. The first-order valence-electron chi connectivity index (χ1n) is 11.0. The van der Waals surface area contributed by atoms with Crippen molar-refractivity contribution < 1.29 is 13.2 Å². The molecule has 0 spiro atoms. The fourth-order valence-corrected chi connectivity index (χ4v) is 5.23. The molecule has 1 aromatic heterocycles. The number of fused-ring (bicyclic) bond motifs is 1. The number of nitrogens with zero attached hydrogens (tertiary/aromatic N) is 3. The van der Waals surface area contributed by atoms with Gasteiger partial charge in [-0.15, -0.1) is 0 Å². The third-order valence-electron chi connectivity index (χ3n) is 5.70. The van der Waals surface area contributed by atoms with Gasteiger partial charge in [-0.05, 0) is 41.8 Å². The Balaban J connectivity index is 1.75. The molecule has 0 saturated carbocycles. The smallest absolute Gasteiger partial charge is 0.243 e. The minimum atomic E-state index is -3.55. The van der Waals surface area contributed by atoms with Crippen molar-refractivity contribution in [3.05, 3.63) is 53.9 Å². The van der Waals surface area contributed by atoms with Gasteiger partial charge >= 0.3 is 0 Å². The van der Waals surface area contributed by atoms with Crippen molar-refractivity contribution in [3.8, 4) is 0 Å². The Morgan fingerprint density at radius 1 is 1.12 bits per heavy atom. The van der Waals surface area contributed by atoms with Crippen LogP contribution in [0.4, 0.5) is 5.69 Å². The highest BCUT2D eigenvalue weighted by Gasteiger charge is 2.22. The van der Waals surface area contributed by atoms with E-state index in [9.17, 15) is 13.2 Å². The number of aryl methyl sites for hydroxylation is 2. The first kappa shape index (κ1) is 23.9. The second-order valence-corrected chi connectivity index (χ2v) is 10.1. The first-order chi connectivity index (χ1) is 15.2. The van der Waals surface area contributed by atoms with Crippen molar-refractivity contribution in [2.24, 2.45) is 7.05 Å². The van der Waals surface area contributed by atoms with Crippen LogP contribution in [0.25, 0.3) is 11.0 Å². The summed E-state index contributed by atoms with van der Waals surface area (Å²) >= 11 is 0. The van der Waals surface area contributed by atoms with Crippen molar-refractivity contribution in [2.75, 3.05) is 18.4 Å². The molecule has 0 atom stereocenters. The number of amides is 1. The van der Waals surface area contributed by atoms with Gasteiger partial charge in [-0.25, -0.2) is 13.4 Å². The molecule has 8 heteroatoms. The van der Waals surface area contributed by atoms with E-state index in [1.807, 2.05) is 43.7 Å². The minimum Gasteiger partial charge on any atom is -0.331 e. The van der Waals surface area contributed by atoms with Gasteiger partial charge in [-0.3, -0.25) is 4.79 Å². The molecule has 7 nitrogen and oxygen atoms in total. The highest BCUT2D eigenvalue weighted by Crippen LogP contribution is 2.23. The predicted molar refractivity (Wildman–Crippen MR) is 128 cm³/mol. The molecule has 0 aliphatic carbocycles. The summed E-state index contributed by atoms with van der Waals surface area (Å²) in [6.07, 6.45) is 0.743. The second-order valence-electron chi connectivity index (χ2n) is 8.16. The summed E-state index contributed by atoms with van der Waals surface area (Å²) in [5, 5.41) is 2.95.